The molecule has 138 valence electrons. The van der Waals surface area contributed by atoms with Crippen LogP contribution in [0, 0.1) is 12.8 Å². The second kappa shape index (κ2) is 7.14. The predicted octanol–water partition coefficient (Wildman–Crippen LogP) is 3.73. The van der Waals surface area contributed by atoms with E-state index in [1.165, 1.54) is 6.42 Å². The first-order chi connectivity index (χ1) is 12.6. The van der Waals surface area contributed by atoms with Crippen LogP contribution in [0.1, 0.15) is 50.6 Å². The Hall–Kier alpha value is -2.30. The van der Waals surface area contributed by atoms with E-state index >= 15 is 0 Å². The fraction of sp³-hybridized carbons (Fsp3) is 0.524. The number of nitrogen functional groups attached to an aromatic ring is 1. The normalized spacial score (nSPS) is 23.4. The lowest BCUT2D eigenvalue weighted by atomic mass is 9.84. The number of nitrogens with zero attached hydrogens (tertiary/aromatic N) is 1. The molecule has 2 aliphatic rings. The monoisotopic (exact) mass is 353 g/mol. The Balaban J connectivity index is 1.39. The van der Waals surface area contributed by atoms with E-state index in [0.717, 1.165) is 60.9 Å². The second-order valence-electron chi connectivity index (χ2n) is 7.73. The fourth-order valence-corrected chi connectivity index (χ4v) is 4.01. The molecule has 5 heteroatoms. The molecular formula is C21H27N3O2. The summed E-state index contributed by atoms with van der Waals surface area (Å²) >= 11 is 0. The fourth-order valence-electron chi connectivity index (χ4n) is 4.01. The second-order valence-corrected chi connectivity index (χ2v) is 7.73. The molecule has 0 aliphatic heterocycles. The maximum Gasteiger partial charge on any atom is 0.223 e. The standard InChI is InChI=1S/C21H27N3O2/c1-13-12-17(22)20-18(23-13)6-3-7-19(20)26-16-10-8-15(9-11-16)24-21(25)14-4-2-5-14/h3,6-7,12,14-16H,2,4-5,8-11H2,1H3,(H2,22,23)(H,24,25)/t15-,16-. The highest BCUT2D eigenvalue weighted by atomic mass is 16.5. The summed E-state index contributed by atoms with van der Waals surface area (Å²) in [5.74, 6) is 1.33. The molecule has 0 unspecified atom stereocenters. The van der Waals surface area contributed by atoms with Crippen molar-refractivity contribution in [2.45, 2.75) is 64.0 Å². The summed E-state index contributed by atoms with van der Waals surface area (Å²) in [6, 6.07) is 8.10. The van der Waals surface area contributed by atoms with Gasteiger partial charge in [-0.2, -0.15) is 0 Å². The number of hydrogen-bond donors (Lipinski definition) is 2. The third kappa shape index (κ3) is 3.48. The number of carbonyl (C=O) groups is 1. The van der Waals surface area contributed by atoms with Crippen molar-refractivity contribution in [1.82, 2.24) is 10.3 Å². The summed E-state index contributed by atoms with van der Waals surface area (Å²) in [5.41, 5.74) is 8.72. The number of hydrogen-bond acceptors (Lipinski definition) is 4. The number of ether oxygens (including phenoxy) is 1. The number of pyridine rings is 1. The van der Waals surface area contributed by atoms with E-state index in [9.17, 15) is 4.79 Å². The van der Waals surface area contributed by atoms with Gasteiger partial charge in [0, 0.05) is 23.3 Å². The molecule has 0 bridgehead atoms. The Bertz CT molecular complexity index is 808. The molecule has 0 radical (unpaired) electrons. The number of fused-ring (bicyclic) bond motifs is 1. The number of aryl methyl sites for hydroxylation is 1. The van der Waals surface area contributed by atoms with E-state index in [-0.39, 0.29) is 17.9 Å². The third-order valence-electron chi connectivity index (χ3n) is 5.74. The van der Waals surface area contributed by atoms with Crippen molar-refractivity contribution >= 4 is 22.5 Å². The van der Waals surface area contributed by atoms with Crippen molar-refractivity contribution in [1.29, 1.82) is 0 Å². The molecule has 1 amide bonds. The minimum atomic E-state index is 0.165. The molecule has 2 saturated carbocycles. The smallest absolute Gasteiger partial charge is 0.223 e. The number of aromatic nitrogens is 1. The Morgan fingerprint density at radius 2 is 1.96 bits per heavy atom. The lowest BCUT2D eigenvalue weighted by Gasteiger charge is -2.32. The topological polar surface area (TPSA) is 77.2 Å². The molecule has 5 nitrogen and oxygen atoms in total. The van der Waals surface area contributed by atoms with Crippen molar-refractivity contribution in [2.75, 3.05) is 5.73 Å². The number of carbonyl (C=O) groups excluding carboxylic acids is 1. The number of anilines is 1. The van der Waals surface area contributed by atoms with Crippen LogP contribution in [-0.2, 0) is 4.79 Å². The van der Waals surface area contributed by atoms with Gasteiger partial charge in [-0.3, -0.25) is 9.78 Å². The van der Waals surface area contributed by atoms with Gasteiger partial charge in [-0.1, -0.05) is 12.5 Å². The highest BCUT2D eigenvalue weighted by Crippen LogP contribution is 2.33. The van der Waals surface area contributed by atoms with Crippen LogP contribution in [0.15, 0.2) is 24.3 Å². The van der Waals surface area contributed by atoms with Gasteiger partial charge in [0.25, 0.3) is 0 Å². The molecule has 1 heterocycles. The zero-order valence-corrected chi connectivity index (χ0v) is 15.3. The van der Waals surface area contributed by atoms with Gasteiger partial charge >= 0.3 is 0 Å². The van der Waals surface area contributed by atoms with E-state index in [2.05, 4.69) is 10.3 Å². The molecule has 1 aromatic carbocycles. The van der Waals surface area contributed by atoms with Crippen molar-refractivity contribution in [3.8, 4) is 5.75 Å². The maximum absolute atomic E-state index is 12.1. The van der Waals surface area contributed by atoms with Gasteiger partial charge in [0.05, 0.1) is 17.0 Å². The Labute approximate surface area is 154 Å². The molecule has 4 rings (SSSR count). The van der Waals surface area contributed by atoms with Crippen LogP contribution in [0.4, 0.5) is 5.69 Å². The molecule has 3 N–H and O–H groups in total. The highest BCUT2D eigenvalue weighted by Gasteiger charge is 2.29. The summed E-state index contributed by atoms with van der Waals surface area (Å²) in [7, 11) is 0. The van der Waals surface area contributed by atoms with Crippen LogP contribution in [0.2, 0.25) is 0 Å². The summed E-state index contributed by atoms with van der Waals surface area (Å²) in [5, 5.41) is 4.13. The van der Waals surface area contributed by atoms with Gasteiger partial charge in [-0.05, 0) is 63.6 Å². The molecule has 26 heavy (non-hydrogen) atoms. The van der Waals surface area contributed by atoms with Crippen molar-refractivity contribution in [3.63, 3.8) is 0 Å². The molecule has 0 spiro atoms. The Morgan fingerprint density at radius 1 is 1.19 bits per heavy atom. The largest absolute Gasteiger partial charge is 0.490 e. The van der Waals surface area contributed by atoms with E-state index in [1.807, 2.05) is 31.2 Å². The lowest BCUT2D eigenvalue weighted by Crippen LogP contribution is -2.43. The third-order valence-corrected chi connectivity index (χ3v) is 5.74. The van der Waals surface area contributed by atoms with Crippen LogP contribution < -0.4 is 15.8 Å². The van der Waals surface area contributed by atoms with Gasteiger partial charge in [-0.15, -0.1) is 0 Å². The number of rotatable bonds is 4. The molecule has 0 atom stereocenters. The van der Waals surface area contributed by atoms with Gasteiger partial charge in [0.15, 0.2) is 0 Å². The predicted molar refractivity (Wildman–Crippen MR) is 103 cm³/mol. The van der Waals surface area contributed by atoms with Crippen LogP contribution in [-0.4, -0.2) is 23.0 Å². The quantitative estimate of drug-likeness (QED) is 0.878. The first-order valence-corrected chi connectivity index (χ1v) is 9.73. The Morgan fingerprint density at radius 3 is 2.65 bits per heavy atom. The average molecular weight is 353 g/mol. The highest BCUT2D eigenvalue weighted by molar-refractivity contribution is 5.95. The minimum Gasteiger partial charge on any atom is -0.490 e. The van der Waals surface area contributed by atoms with Crippen LogP contribution in [0.25, 0.3) is 10.9 Å². The lowest BCUT2D eigenvalue weighted by molar-refractivity contribution is -0.128. The first kappa shape index (κ1) is 17.1. The van der Waals surface area contributed by atoms with E-state index in [0.29, 0.717) is 11.7 Å². The number of nitrogens with one attached hydrogen (secondary N) is 1. The molecule has 1 aromatic heterocycles. The van der Waals surface area contributed by atoms with E-state index in [4.69, 9.17) is 10.5 Å². The van der Waals surface area contributed by atoms with Crippen molar-refractivity contribution < 1.29 is 9.53 Å². The first-order valence-electron chi connectivity index (χ1n) is 9.73. The molecule has 2 aromatic rings. The molecule has 0 saturated heterocycles. The average Bonchev–Trinajstić information content (AvgIpc) is 2.54. The summed E-state index contributed by atoms with van der Waals surface area (Å²) in [4.78, 5) is 16.7. The van der Waals surface area contributed by atoms with E-state index in [1.54, 1.807) is 0 Å². The van der Waals surface area contributed by atoms with Crippen LogP contribution in [0.3, 0.4) is 0 Å². The van der Waals surface area contributed by atoms with Gasteiger partial charge < -0.3 is 15.8 Å². The van der Waals surface area contributed by atoms with Gasteiger partial charge in [0.1, 0.15) is 5.75 Å². The van der Waals surface area contributed by atoms with E-state index < -0.39 is 0 Å². The van der Waals surface area contributed by atoms with Crippen LogP contribution in [0.5, 0.6) is 5.75 Å². The molecular weight excluding hydrogens is 326 g/mol. The summed E-state index contributed by atoms with van der Waals surface area (Å²) in [6.45, 7) is 1.95. The number of benzene rings is 1. The van der Waals surface area contributed by atoms with Crippen molar-refractivity contribution in [3.05, 3.63) is 30.0 Å². The Kier molecular flexibility index (Phi) is 4.70. The summed E-state index contributed by atoms with van der Waals surface area (Å²) in [6.07, 6.45) is 7.32. The number of nitrogens with two attached hydrogens (primary N) is 1. The molecule has 2 aliphatic carbocycles. The zero-order valence-electron chi connectivity index (χ0n) is 15.3. The van der Waals surface area contributed by atoms with Crippen LogP contribution >= 0.6 is 0 Å². The van der Waals surface area contributed by atoms with Gasteiger partial charge in [0.2, 0.25) is 5.91 Å². The SMILES string of the molecule is Cc1cc(N)c2c(O[C@H]3CC[C@H](NC(=O)C4CCC4)CC3)cccc2n1. The molecule has 2 fully saturated rings. The minimum absolute atomic E-state index is 0.165. The zero-order chi connectivity index (χ0) is 18.1. The van der Waals surface area contributed by atoms with Gasteiger partial charge in [-0.25, -0.2) is 0 Å². The maximum atomic E-state index is 12.1. The number of amides is 1. The summed E-state index contributed by atoms with van der Waals surface area (Å²) < 4.78 is 6.29. The van der Waals surface area contributed by atoms with Crippen molar-refractivity contribution in [2.24, 2.45) is 5.92 Å².